The molecule has 0 spiro atoms. The fourth-order valence-corrected chi connectivity index (χ4v) is 6.15. The van der Waals surface area contributed by atoms with E-state index in [4.69, 9.17) is 24.1 Å². The minimum absolute atomic E-state index is 0.0304. The number of para-hydroxylation sites is 1. The van der Waals surface area contributed by atoms with Crippen LogP contribution in [0, 0.1) is 12.8 Å². The van der Waals surface area contributed by atoms with Crippen LogP contribution in [0.3, 0.4) is 0 Å². The van der Waals surface area contributed by atoms with E-state index < -0.39 is 12.2 Å². The van der Waals surface area contributed by atoms with E-state index in [2.05, 4.69) is 0 Å². The molecule has 2 aromatic rings. The predicted octanol–water partition coefficient (Wildman–Crippen LogP) is 3.67. The van der Waals surface area contributed by atoms with Gasteiger partial charge in [0.15, 0.2) is 5.76 Å². The highest BCUT2D eigenvalue weighted by atomic mass is 16.7. The molecule has 4 rings (SSSR count). The highest BCUT2D eigenvalue weighted by Gasteiger charge is 2.42. The maximum Gasteiger partial charge on any atom is 0.288 e. The van der Waals surface area contributed by atoms with Gasteiger partial charge in [-0.25, -0.2) is 4.68 Å². The molecule has 1 saturated carbocycles. The number of likely N-dealkylation sites (N-methyl/N-ethyl adjacent to an activating group) is 1. The molecule has 1 amide bonds. The minimum atomic E-state index is -0.720. The van der Waals surface area contributed by atoms with Crippen molar-refractivity contribution in [3.8, 4) is 5.69 Å². The number of rotatable bonds is 14. The predicted molar refractivity (Wildman–Crippen MR) is 160 cm³/mol. The lowest BCUT2D eigenvalue weighted by atomic mass is 9.81. The van der Waals surface area contributed by atoms with Gasteiger partial charge in [0.05, 0.1) is 32.1 Å². The van der Waals surface area contributed by atoms with Crippen LogP contribution in [0.5, 0.6) is 0 Å². The molecule has 1 fully saturated rings. The fourth-order valence-electron chi connectivity index (χ4n) is 6.15. The zero-order chi connectivity index (χ0) is 30.1. The first-order valence-corrected chi connectivity index (χ1v) is 15.3. The number of benzene rings is 1. The molecule has 3 atom stereocenters. The van der Waals surface area contributed by atoms with Crippen LogP contribution < -0.4 is 5.56 Å². The van der Waals surface area contributed by atoms with E-state index >= 15 is 0 Å². The average Bonchev–Trinajstić information content (AvgIpc) is 3.24. The summed E-state index contributed by atoms with van der Waals surface area (Å²) in [4.78, 5) is 29.7. The summed E-state index contributed by atoms with van der Waals surface area (Å²) in [5.41, 5.74) is 2.08. The van der Waals surface area contributed by atoms with Crippen LogP contribution in [0.15, 0.2) is 47.0 Å². The monoisotopic (exact) mass is 585 g/mol. The van der Waals surface area contributed by atoms with Gasteiger partial charge in [0.25, 0.3) is 11.5 Å². The summed E-state index contributed by atoms with van der Waals surface area (Å²) in [5, 5.41) is 8.91. The highest BCUT2D eigenvalue weighted by Crippen LogP contribution is 2.40. The number of carbonyl (C=O) groups excluding carboxylic acids is 1. The van der Waals surface area contributed by atoms with E-state index in [9.17, 15) is 9.59 Å². The maximum atomic E-state index is 14.1. The Labute approximate surface area is 248 Å². The summed E-state index contributed by atoms with van der Waals surface area (Å²) in [6.45, 7) is 5.63. The van der Waals surface area contributed by atoms with Crippen molar-refractivity contribution in [3.63, 3.8) is 0 Å². The largest absolute Gasteiger partial charge is 0.459 e. The van der Waals surface area contributed by atoms with Crippen molar-refractivity contribution in [1.82, 2.24) is 14.3 Å². The summed E-state index contributed by atoms with van der Waals surface area (Å²) in [6, 6.07) is 9.73. The zero-order valence-electron chi connectivity index (χ0n) is 25.5. The molecule has 3 unspecified atom stereocenters. The number of amides is 1. The van der Waals surface area contributed by atoms with Gasteiger partial charge >= 0.3 is 0 Å². The maximum absolute atomic E-state index is 14.1. The van der Waals surface area contributed by atoms with Crippen LogP contribution in [0.2, 0.25) is 0 Å². The lowest BCUT2D eigenvalue weighted by Crippen LogP contribution is -2.44. The van der Waals surface area contributed by atoms with Crippen molar-refractivity contribution < 1.29 is 28.8 Å². The SMILES string of the molecule is CCOC1OC(C(=O)N(C)C2CCCCC2)=CC(c2c(C)n(C)n(-c3ccccc3)c2=O)C1CCOCCOCCO. The quantitative estimate of drug-likeness (QED) is 0.338. The van der Waals surface area contributed by atoms with Gasteiger partial charge in [-0.2, -0.15) is 0 Å². The number of allylic oxidation sites excluding steroid dienone is 1. The van der Waals surface area contributed by atoms with Gasteiger partial charge < -0.3 is 29.0 Å². The first-order chi connectivity index (χ1) is 20.4. The number of nitrogens with zero attached hydrogens (tertiary/aromatic N) is 3. The van der Waals surface area contributed by atoms with Crippen molar-refractivity contribution in [2.45, 2.75) is 70.6 Å². The minimum Gasteiger partial charge on any atom is -0.459 e. The molecular formula is C32H47N3O7. The molecule has 1 aliphatic heterocycles. The third-order valence-electron chi connectivity index (χ3n) is 8.50. The molecule has 10 heteroatoms. The summed E-state index contributed by atoms with van der Waals surface area (Å²) in [5.74, 6) is -0.635. The van der Waals surface area contributed by atoms with Crippen molar-refractivity contribution in [3.05, 3.63) is 63.8 Å². The number of carbonyl (C=O) groups is 1. The van der Waals surface area contributed by atoms with Crippen LogP contribution in [-0.4, -0.2) is 84.3 Å². The van der Waals surface area contributed by atoms with Crippen LogP contribution in [0.1, 0.15) is 62.6 Å². The molecular weight excluding hydrogens is 538 g/mol. The summed E-state index contributed by atoms with van der Waals surface area (Å²) in [6.07, 6.45) is 7.05. The number of hydrogen-bond donors (Lipinski definition) is 1. The van der Waals surface area contributed by atoms with Gasteiger partial charge in [0.2, 0.25) is 6.29 Å². The Bertz CT molecular complexity index is 1230. The van der Waals surface area contributed by atoms with Crippen molar-refractivity contribution in [2.24, 2.45) is 13.0 Å². The van der Waals surface area contributed by atoms with E-state index in [-0.39, 0.29) is 42.4 Å². The van der Waals surface area contributed by atoms with Crippen molar-refractivity contribution in [1.29, 1.82) is 0 Å². The number of ether oxygens (including phenoxy) is 4. The van der Waals surface area contributed by atoms with Crippen LogP contribution in [-0.2, 0) is 30.8 Å². The van der Waals surface area contributed by atoms with E-state index in [1.165, 1.54) is 6.42 Å². The number of aliphatic hydroxyl groups is 1. The molecule has 1 aromatic heterocycles. The van der Waals surface area contributed by atoms with Gasteiger partial charge in [-0.05, 0) is 51.3 Å². The fraction of sp³-hybridized carbons (Fsp3) is 0.625. The Morgan fingerprint density at radius 3 is 2.43 bits per heavy atom. The Morgan fingerprint density at radius 1 is 1.07 bits per heavy atom. The summed E-state index contributed by atoms with van der Waals surface area (Å²) >= 11 is 0. The molecule has 0 radical (unpaired) electrons. The Hall–Kier alpha value is -2.92. The third kappa shape index (κ3) is 7.34. The molecule has 1 aliphatic carbocycles. The van der Waals surface area contributed by atoms with Gasteiger partial charge in [-0.1, -0.05) is 37.5 Å². The molecule has 1 aromatic carbocycles. The van der Waals surface area contributed by atoms with E-state index in [1.54, 1.807) is 9.58 Å². The Morgan fingerprint density at radius 2 is 1.76 bits per heavy atom. The first kappa shape index (κ1) is 32.0. The van der Waals surface area contributed by atoms with E-state index in [1.807, 2.05) is 69.0 Å². The second-order valence-electron chi connectivity index (χ2n) is 11.1. The standard InChI is InChI=1S/C32H47N3O7/c1-5-41-32-26(16-18-39-20-21-40-19-17-36)27(22-28(42-32)30(37)33(3)24-12-8-6-9-13-24)29-23(2)34(4)35(31(29)38)25-14-10-7-11-15-25/h7,10-11,14-15,22,24,26-27,32,36H,5-6,8-9,12-13,16-21H2,1-4H3. The molecule has 0 bridgehead atoms. The summed E-state index contributed by atoms with van der Waals surface area (Å²) in [7, 11) is 3.73. The van der Waals surface area contributed by atoms with Gasteiger partial charge in [-0.15, -0.1) is 0 Å². The first-order valence-electron chi connectivity index (χ1n) is 15.3. The smallest absolute Gasteiger partial charge is 0.288 e. The van der Waals surface area contributed by atoms with Gasteiger partial charge in [0.1, 0.15) is 0 Å². The van der Waals surface area contributed by atoms with Gasteiger partial charge in [0, 0.05) is 56.4 Å². The molecule has 10 nitrogen and oxygen atoms in total. The second-order valence-corrected chi connectivity index (χ2v) is 11.1. The summed E-state index contributed by atoms with van der Waals surface area (Å²) < 4.78 is 27.1. The van der Waals surface area contributed by atoms with Crippen molar-refractivity contribution >= 4 is 5.91 Å². The molecule has 2 heterocycles. The lowest BCUT2D eigenvalue weighted by Gasteiger charge is -2.38. The molecule has 42 heavy (non-hydrogen) atoms. The molecule has 1 N–H and O–H groups in total. The second kappa shape index (κ2) is 15.5. The molecule has 0 saturated heterocycles. The number of hydrogen-bond acceptors (Lipinski definition) is 7. The normalized spacial score (nSPS) is 21.2. The molecule has 232 valence electrons. The molecule has 2 aliphatic rings. The van der Waals surface area contributed by atoms with E-state index in [0.29, 0.717) is 38.4 Å². The highest BCUT2D eigenvalue weighted by molar-refractivity contribution is 5.92. The third-order valence-corrected chi connectivity index (χ3v) is 8.50. The lowest BCUT2D eigenvalue weighted by molar-refractivity contribution is -0.172. The van der Waals surface area contributed by atoms with Crippen LogP contribution in [0.4, 0.5) is 0 Å². The van der Waals surface area contributed by atoms with Crippen LogP contribution in [0.25, 0.3) is 5.69 Å². The van der Waals surface area contributed by atoms with Gasteiger partial charge in [-0.3, -0.25) is 14.3 Å². The number of aromatic nitrogens is 2. The number of aliphatic hydroxyl groups excluding tert-OH is 1. The van der Waals surface area contributed by atoms with Crippen LogP contribution >= 0.6 is 0 Å². The average molecular weight is 586 g/mol. The Balaban J connectivity index is 1.70. The van der Waals surface area contributed by atoms with Crippen molar-refractivity contribution in [2.75, 3.05) is 46.7 Å². The Kier molecular flexibility index (Phi) is 11.8. The van der Waals surface area contributed by atoms with E-state index in [0.717, 1.165) is 37.1 Å². The zero-order valence-corrected chi connectivity index (χ0v) is 25.5. The topological polar surface area (TPSA) is 104 Å².